The normalized spacial score (nSPS) is 16.1. The van der Waals surface area contributed by atoms with Crippen molar-refractivity contribution in [2.45, 2.75) is 26.2 Å². The van der Waals surface area contributed by atoms with Crippen LogP contribution in [-0.2, 0) is 11.2 Å². The topological polar surface area (TPSA) is 32.3 Å². The summed E-state index contributed by atoms with van der Waals surface area (Å²) in [5.74, 6) is 0.518. The van der Waals surface area contributed by atoms with Crippen molar-refractivity contribution in [2.75, 3.05) is 26.7 Å². The number of carbonyl (C=O) groups is 1. The highest BCUT2D eigenvalue weighted by molar-refractivity contribution is 9.10. The Hall–Kier alpha value is -0.870. The maximum atomic E-state index is 12.4. The maximum Gasteiger partial charge on any atom is 0.225 e. The first kappa shape index (κ1) is 15.5. The van der Waals surface area contributed by atoms with E-state index in [1.165, 1.54) is 11.1 Å². The van der Waals surface area contributed by atoms with Gasteiger partial charge in [0, 0.05) is 24.0 Å². The molecular formula is C16H23BrN2O. The largest absolute Gasteiger partial charge is 0.345 e. The van der Waals surface area contributed by atoms with Gasteiger partial charge in [0.2, 0.25) is 5.91 Å². The van der Waals surface area contributed by atoms with Gasteiger partial charge >= 0.3 is 0 Å². The molecule has 4 heteroatoms. The SMILES string of the molecule is Cc1ccc(Br)cc1CCN(C)C(=O)C1CCNCC1. The predicted molar refractivity (Wildman–Crippen MR) is 85.8 cm³/mol. The van der Waals surface area contributed by atoms with Gasteiger partial charge in [-0.25, -0.2) is 0 Å². The van der Waals surface area contributed by atoms with Crippen molar-refractivity contribution in [1.29, 1.82) is 0 Å². The number of nitrogens with one attached hydrogen (secondary N) is 1. The average molecular weight is 339 g/mol. The lowest BCUT2D eigenvalue weighted by Gasteiger charge is -2.27. The first-order valence-corrected chi connectivity index (χ1v) is 8.08. The van der Waals surface area contributed by atoms with Crippen LogP contribution in [0.5, 0.6) is 0 Å². The van der Waals surface area contributed by atoms with Crippen LogP contribution in [-0.4, -0.2) is 37.5 Å². The van der Waals surface area contributed by atoms with Crippen molar-refractivity contribution in [3.05, 3.63) is 33.8 Å². The molecule has 2 rings (SSSR count). The van der Waals surface area contributed by atoms with Gasteiger partial charge in [-0.15, -0.1) is 0 Å². The second-order valence-electron chi connectivity index (χ2n) is 5.60. The highest BCUT2D eigenvalue weighted by atomic mass is 79.9. The van der Waals surface area contributed by atoms with Crippen molar-refractivity contribution in [3.8, 4) is 0 Å². The minimum Gasteiger partial charge on any atom is -0.345 e. The summed E-state index contributed by atoms with van der Waals surface area (Å²) in [6, 6.07) is 6.33. The molecule has 1 N–H and O–H groups in total. The zero-order valence-electron chi connectivity index (χ0n) is 12.3. The maximum absolute atomic E-state index is 12.4. The lowest BCUT2D eigenvalue weighted by Crippen LogP contribution is -2.39. The predicted octanol–water partition coefficient (Wildman–Crippen LogP) is 2.76. The highest BCUT2D eigenvalue weighted by Gasteiger charge is 2.23. The molecule has 0 aliphatic carbocycles. The quantitative estimate of drug-likeness (QED) is 0.915. The molecule has 1 saturated heterocycles. The van der Waals surface area contributed by atoms with Crippen LogP contribution in [0, 0.1) is 12.8 Å². The fourth-order valence-corrected chi connectivity index (χ4v) is 3.10. The summed E-state index contributed by atoms with van der Waals surface area (Å²) in [4.78, 5) is 14.3. The van der Waals surface area contributed by atoms with E-state index in [2.05, 4.69) is 46.4 Å². The molecule has 0 radical (unpaired) electrons. The molecule has 1 aromatic rings. The minimum absolute atomic E-state index is 0.213. The second-order valence-corrected chi connectivity index (χ2v) is 6.52. The lowest BCUT2D eigenvalue weighted by molar-refractivity contribution is -0.134. The van der Waals surface area contributed by atoms with Gasteiger partial charge in [0.05, 0.1) is 0 Å². The molecule has 3 nitrogen and oxygen atoms in total. The summed E-state index contributed by atoms with van der Waals surface area (Å²) < 4.78 is 1.10. The Morgan fingerprint density at radius 3 is 2.80 bits per heavy atom. The minimum atomic E-state index is 0.213. The molecule has 1 amide bonds. The molecule has 20 heavy (non-hydrogen) atoms. The number of amides is 1. The van der Waals surface area contributed by atoms with E-state index in [-0.39, 0.29) is 5.92 Å². The number of nitrogens with zero attached hydrogens (tertiary/aromatic N) is 1. The molecule has 1 aliphatic rings. The summed E-state index contributed by atoms with van der Waals surface area (Å²) >= 11 is 3.51. The zero-order chi connectivity index (χ0) is 14.5. The molecule has 0 saturated carbocycles. The molecule has 1 aliphatic heterocycles. The lowest BCUT2D eigenvalue weighted by atomic mass is 9.96. The van der Waals surface area contributed by atoms with Gasteiger partial charge in [-0.1, -0.05) is 22.0 Å². The van der Waals surface area contributed by atoms with Crippen LogP contribution in [0.4, 0.5) is 0 Å². The fourth-order valence-electron chi connectivity index (χ4n) is 2.69. The Bertz CT molecular complexity index is 470. The van der Waals surface area contributed by atoms with Gasteiger partial charge < -0.3 is 10.2 Å². The third kappa shape index (κ3) is 4.06. The second kappa shape index (κ2) is 7.23. The van der Waals surface area contributed by atoms with E-state index in [1.54, 1.807) is 0 Å². The van der Waals surface area contributed by atoms with Crippen LogP contribution in [0.25, 0.3) is 0 Å². The summed E-state index contributed by atoms with van der Waals surface area (Å²) in [6.45, 7) is 4.85. The van der Waals surface area contributed by atoms with Crippen molar-refractivity contribution in [1.82, 2.24) is 10.2 Å². The van der Waals surface area contributed by atoms with Crippen LogP contribution >= 0.6 is 15.9 Å². The van der Waals surface area contributed by atoms with Gasteiger partial charge in [-0.3, -0.25) is 4.79 Å². The van der Waals surface area contributed by atoms with Gasteiger partial charge in [0.1, 0.15) is 0 Å². The molecule has 0 bridgehead atoms. The van der Waals surface area contributed by atoms with Crippen molar-refractivity contribution < 1.29 is 4.79 Å². The molecule has 1 fully saturated rings. The molecule has 1 aromatic carbocycles. The number of piperidine rings is 1. The van der Waals surface area contributed by atoms with Crippen molar-refractivity contribution >= 4 is 21.8 Å². The average Bonchev–Trinajstić information content (AvgIpc) is 2.48. The van der Waals surface area contributed by atoms with E-state index in [1.807, 2.05) is 11.9 Å². The van der Waals surface area contributed by atoms with E-state index >= 15 is 0 Å². The van der Waals surface area contributed by atoms with Gasteiger partial charge in [-0.2, -0.15) is 0 Å². The van der Waals surface area contributed by atoms with E-state index < -0.39 is 0 Å². The number of aryl methyl sites for hydroxylation is 1. The Labute approximate surface area is 129 Å². The number of halogens is 1. The zero-order valence-corrected chi connectivity index (χ0v) is 13.9. The van der Waals surface area contributed by atoms with Gasteiger partial charge in [-0.05, 0) is 62.5 Å². The number of hydrogen-bond acceptors (Lipinski definition) is 2. The van der Waals surface area contributed by atoms with E-state index in [9.17, 15) is 4.79 Å². The van der Waals surface area contributed by atoms with E-state index in [0.717, 1.165) is 43.4 Å². The summed E-state index contributed by atoms with van der Waals surface area (Å²) in [7, 11) is 1.93. The molecular weight excluding hydrogens is 316 g/mol. The third-order valence-electron chi connectivity index (χ3n) is 4.09. The Balaban J connectivity index is 1.89. The number of benzene rings is 1. The standard InChI is InChI=1S/C16H23BrN2O/c1-12-3-4-15(17)11-14(12)7-10-19(2)16(20)13-5-8-18-9-6-13/h3-4,11,13,18H,5-10H2,1-2H3. The van der Waals surface area contributed by atoms with Crippen LogP contribution in [0.15, 0.2) is 22.7 Å². The third-order valence-corrected chi connectivity index (χ3v) is 4.59. The highest BCUT2D eigenvalue weighted by Crippen LogP contribution is 2.18. The Morgan fingerprint density at radius 2 is 2.10 bits per heavy atom. The molecule has 0 aromatic heterocycles. The Kier molecular flexibility index (Phi) is 5.61. The van der Waals surface area contributed by atoms with Crippen molar-refractivity contribution in [3.63, 3.8) is 0 Å². The summed E-state index contributed by atoms with van der Waals surface area (Å²) in [5.41, 5.74) is 2.60. The summed E-state index contributed by atoms with van der Waals surface area (Å²) in [6.07, 6.45) is 2.86. The molecule has 0 atom stereocenters. The molecule has 0 unspecified atom stereocenters. The first-order chi connectivity index (χ1) is 9.58. The molecule has 110 valence electrons. The smallest absolute Gasteiger partial charge is 0.225 e. The van der Waals surface area contributed by atoms with Crippen molar-refractivity contribution in [2.24, 2.45) is 5.92 Å². The van der Waals surface area contributed by atoms with Gasteiger partial charge in [0.25, 0.3) is 0 Å². The van der Waals surface area contributed by atoms with Crippen LogP contribution in [0.1, 0.15) is 24.0 Å². The van der Waals surface area contributed by atoms with Crippen LogP contribution < -0.4 is 5.32 Å². The number of rotatable bonds is 4. The van der Waals surface area contributed by atoms with Gasteiger partial charge in [0.15, 0.2) is 0 Å². The van der Waals surface area contributed by atoms with E-state index in [4.69, 9.17) is 0 Å². The van der Waals surface area contributed by atoms with E-state index in [0.29, 0.717) is 5.91 Å². The first-order valence-electron chi connectivity index (χ1n) is 7.28. The van der Waals surface area contributed by atoms with Crippen LogP contribution in [0.3, 0.4) is 0 Å². The Morgan fingerprint density at radius 1 is 1.40 bits per heavy atom. The van der Waals surface area contributed by atoms with Crippen LogP contribution in [0.2, 0.25) is 0 Å². The number of likely N-dealkylation sites (N-methyl/N-ethyl adjacent to an activating group) is 1. The number of hydrogen-bond donors (Lipinski definition) is 1. The molecule has 0 spiro atoms. The fraction of sp³-hybridized carbons (Fsp3) is 0.562. The molecule has 1 heterocycles. The summed E-state index contributed by atoms with van der Waals surface area (Å²) in [5, 5.41) is 3.30. The monoisotopic (exact) mass is 338 g/mol. The number of carbonyl (C=O) groups excluding carboxylic acids is 1.